The average molecular weight is 453 g/mol. The van der Waals surface area contributed by atoms with Crippen LogP contribution in [0.1, 0.15) is 43.0 Å². The fourth-order valence-corrected chi connectivity index (χ4v) is 4.01. The van der Waals surface area contributed by atoms with Crippen molar-refractivity contribution < 1.29 is 24.5 Å². The van der Waals surface area contributed by atoms with E-state index in [0.717, 1.165) is 12.1 Å². The van der Waals surface area contributed by atoms with Crippen LogP contribution in [0.25, 0.3) is 5.76 Å². The van der Waals surface area contributed by atoms with Gasteiger partial charge in [-0.05, 0) is 89.3 Å². The lowest BCUT2D eigenvalue weighted by molar-refractivity contribution is -0.139. The zero-order valence-electron chi connectivity index (χ0n) is 19.8. The highest BCUT2D eigenvalue weighted by Gasteiger charge is 2.45. The molecule has 1 unspecified atom stereocenters. The minimum atomic E-state index is -0.736. The van der Waals surface area contributed by atoms with Gasteiger partial charge >= 0.3 is 0 Å². The summed E-state index contributed by atoms with van der Waals surface area (Å²) in [6.45, 7) is 6.85. The van der Waals surface area contributed by atoms with Gasteiger partial charge in [0.25, 0.3) is 11.7 Å². The first-order valence-electron chi connectivity index (χ1n) is 11.1. The lowest BCUT2D eigenvalue weighted by Gasteiger charge is -2.26. The molecule has 3 rings (SSSR count). The van der Waals surface area contributed by atoms with Crippen LogP contribution in [-0.4, -0.2) is 65.0 Å². The van der Waals surface area contributed by atoms with Gasteiger partial charge in [-0.1, -0.05) is 12.1 Å². The molecule has 176 valence electrons. The Bertz CT molecular complexity index is 1060. The molecule has 1 atom stereocenters. The maximum absolute atomic E-state index is 13.1. The molecule has 2 aromatic carbocycles. The number of ketones is 1. The Labute approximate surface area is 194 Å². The largest absolute Gasteiger partial charge is 0.508 e. The second-order valence-corrected chi connectivity index (χ2v) is 8.89. The van der Waals surface area contributed by atoms with E-state index in [-0.39, 0.29) is 23.2 Å². The fraction of sp³-hybridized carbons (Fsp3) is 0.385. The Morgan fingerprint density at radius 3 is 2.36 bits per heavy atom. The van der Waals surface area contributed by atoms with E-state index in [4.69, 9.17) is 4.74 Å². The van der Waals surface area contributed by atoms with Gasteiger partial charge in [0.1, 0.15) is 17.3 Å². The Kier molecular flexibility index (Phi) is 7.43. The number of aromatic hydroxyl groups is 1. The van der Waals surface area contributed by atoms with E-state index in [1.807, 2.05) is 39.8 Å². The summed E-state index contributed by atoms with van der Waals surface area (Å²) in [7, 11) is 3.89. The highest BCUT2D eigenvalue weighted by molar-refractivity contribution is 6.46. The molecule has 7 nitrogen and oxygen atoms in total. The molecule has 1 aliphatic heterocycles. The smallest absolute Gasteiger partial charge is 0.295 e. The molecule has 2 N–H and O–H groups in total. The van der Waals surface area contributed by atoms with Gasteiger partial charge < -0.3 is 24.7 Å². The predicted octanol–water partition coefficient (Wildman–Crippen LogP) is 3.86. The van der Waals surface area contributed by atoms with Crippen LogP contribution in [0.3, 0.4) is 0 Å². The van der Waals surface area contributed by atoms with Crippen molar-refractivity contribution in [3.05, 3.63) is 64.7 Å². The van der Waals surface area contributed by atoms with Crippen molar-refractivity contribution in [2.24, 2.45) is 0 Å². The van der Waals surface area contributed by atoms with E-state index in [2.05, 4.69) is 0 Å². The molecular weight excluding hydrogens is 420 g/mol. The molecule has 7 heteroatoms. The SMILES string of the molecule is Cc1cc(/C(O)=C2\C(=O)C(=O)N(CCCN(C)C)C2c2ccc(O)cc2)ccc1OC(C)C. The van der Waals surface area contributed by atoms with Gasteiger partial charge in [-0.15, -0.1) is 0 Å². The highest BCUT2D eigenvalue weighted by Crippen LogP contribution is 2.40. The third-order valence-corrected chi connectivity index (χ3v) is 5.56. The zero-order chi connectivity index (χ0) is 24.3. The van der Waals surface area contributed by atoms with E-state index < -0.39 is 17.7 Å². The number of aliphatic hydroxyl groups is 1. The standard InChI is InChI=1S/C26H32N2O5/c1-16(2)33-21-12-9-19(15-17(21)3)24(30)22-23(18-7-10-20(29)11-8-18)28(26(32)25(22)31)14-6-13-27(4)5/h7-12,15-16,23,29-30H,6,13-14H2,1-5H3/b24-22+. The molecular formula is C26H32N2O5. The van der Waals surface area contributed by atoms with E-state index in [1.54, 1.807) is 30.3 Å². The molecule has 0 radical (unpaired) electrons. The van der Waals surface area contributed by atoms with E-state index in [1.165, 1.54) is 17.0 Å². The van der Waals surface area contributed by atoms with Crippen molar-refractivity contribution in [2.45, 2.75) is 39.3 Å². The molecule has 0 spiro atoms. The second kappa shape index (κ2) is 10.1. The number of amides is 1. The van der Waals surface area contributed by atoms with Crippen LogP contribution in [0.15, 0.2) is 48.0 Å². The van der Waals surface area contributed by atoms with Crippen LogP contribution in [0.2, 0.25) is 0 Å². The van der Waals surface area contributed by atoms with Crippen LogP contribution in [0.5, 0.6) is 11.5 Å². The number of likely N-dealkylation sites (tertiary alicyclic amines) is 1. The number of carbonyl (C=O) groups is 2. The Hall–Kier alpha value is -3.32. The monoisotopic (exact) mass is 452 g/mol. The number of phenols is 1. The molecule has 1 heterocycles. The van der Waals surface area contributed by atoms with Crippen LogP contribution >= 0.6 is 0 Å². The van der Waals surface area contributed by atoms with Crippen molar-refractivity contribution in [1.29, 1.82) is 0 Å². The molecule has 1 aliphatic rings. The molecule has 1 saturated heterocycles. The van der Waals surface area contributed by atoms with Crippen molar-refractivity contribution in [3.8, 4) is 11.5 Å². The topological polar surface area (TPSA) is 90.3 Å². The normalized spacial score (nSPS) is 17.9. The quantitative estimate of drug-likeness (QED) is 0.359. The molecule has 2 aromatic rings. The van der Waals surface area contributed by atoms with Crippen molar-refractivity contribution >= 4 is 17.4 Å². The Balaban J connectivity index is 2.07. The number of rotatable bonds is 8. The molecule has 0 bridgehead atoms. The Morgan fingerprint density at radius 2 is 1.79 bits per heavy atom. The third-order valence-electron chi connectivity index (χ3n) is 5.56. The van der Waals surface area contributed by atoms with Gasteiger partial charge in [0, 0.05) is 12.1 Å². The van der Waals surface area contributed by atoms with E-state index in [9.17, 15) is 19.8 Å². The summed E-state index contributed by atoms with van der Waals surface area (Å²) in [6, 6.07) is 10.8. The van der Waals surface area contributed by atoms with Crippen LogP contribution in [0, 0.1) is 6.92 Å². The number of carbonyl (C=O) groups excluding carboxylic acids is 2. The molecule has 33 heavy (non-hydrogen) atoms. The number of aryl methyl sites for hydroxylation is 1. The summed E-state index contributed by atoms with van der Waals surface area (Å²) in [6.07, 6.45) is 0.680. The van der Waals surface area contributed by atoms with Crippen molar-refractivity contribution in [2.75, 3.05) is 27.2 Å². The summed E-state index contributed by atoms with van der Waals surface area (Å²) in [5.74, 6) is -0.790. The van der Waals surface area contributed by atoms with Gasteiger partial charge in [0.15, 0.2) is 0 Å². The average Bonchev–Trinajstić information content (AvgIpc) is 2.99. The molecule has 1 fully saturated rings. The predicted molar refractivity (Wildman–Crippen MR) is 127 cm³/mol. The van der Waals surface area contributed by atoms with Crippen molar-refractivity contribution in [1.82, 2.24) is 9.80 Å². The summed E-state index contributed by atoms with van der Waals surface area (Å²) in [5, 5.41) is 20.9. The summed E-state index contributed by atoms with van der Waals surface area (Å²) in [4.78, 5) is 29.6. The van der Waals surface area contributed by atoms with Crippen LogP contribution in [-0.2, 0) is 9.59 Å². The van der Waals surface area contributed by atoms with Gasteiger partial charge in [0.2, 0.25) is 0 Å². The number of ether oxygens (including phenoxy) is 1. The summed E-state index contributed by atoms with van der Waals surface area (Å²) < 4.78 is 5.77. The van der Waals surface area contributed by atoms with Gasteiger partial charge in [-0.3, -0.25) is 9.59 Å². The highest BCUT2D eigenvalue weighted by atomic mass is 16.5. The van der Waals surface area contributed by atoms with Gasteiger partial charge in [-0.25, -0.2) is 0 Å². The van der Waals surface area contributed by atoms with Crippen LogP contribution in [0.4, 0.5) is 0 Å². The zero-order valence-corrected chi connectivity index (χ0v) is 19.8. The number of hydrogen-bond acceptors (Lipinski definition) is 6. The van der Waals surface area contributed by atoms with Crippen molar-refractivity contribution in [3.63, 3.8) is 0 Å². The minimum Gasteiger partial charge on any atom is -0.508 e. The summed E-state index contributed by atoms with van der Waals surface area (Å²) >= 11 is 0. The first-order chi connectivity index (χ1) is 15.6. The number of hydrogen-bond donors (Lipinski definition) is 2. The third kappa shape index (κ3) is 5.37. The van der Waals surface area contributed by atoms with Crippen LogP contribution < -0.4 is 4.74 Å². The first-order valence-corrected chi connectivity index (χ1v) is 11.1. The number of benzene rings is 2. The molecule has 0 saturated carbocycles. The maximum atomic E-state index is 13.1. The second-order valence-electron chi connectivity index (χ2n) is 8.89. The maximum Gasteiger partial charge on any atom is 0.295 e. The number of nitrogens with zero attached hydrogens (tertiary/aromatic N) is 2. The lowest BCUT2D eigenvalue weighted by Crippen LogP contribution is -2.32. The van der Waals surface area contributed by atoms with E-state index in [0.29, 0.717) is 29.8 Å². The summed E-state index contributed by atoms with van der Waals surface area (Å²) in [5.41, 5.74) is 1.95. The minimum absolute atomic E-state index is 0.00475. The molecule has 1 amide bonds. The lowest BCUT2D eigenvalue weighted by atomic mass is 9.94. The Morgan fingerprint density at radius 1 is 1.12 bits per heavy atom. The van der Waals surface area contributed by atoms with E-state index >= 15 is 0 Å². The van der Waals surface area contributed by atoms with Gasteiger partial charge in [-0.2, -0.15) is 0 Å². The number of aliphatic hydroxyl groups excluding tert-OH is 1. The number of Topliss-reactive ketones (excluding diaryl/α,β-unsaturated/α-hetero) is 1. The van der Waals surface area contributed by atoms with Gasteiger partial charge in [0.05, 0.1) is 17.7 Å². The first kappa shape index (κ1) is 24.3. The molecule has 0 aromatic heterocycles. The molecule has 0 aliphatic carbocycles. The fourth-order valence-electron chi connectivity index (χ4n) is 4.01. The number of phenolic OH excluding ortho intramolecular Hbond substituents is 1.